The number of rotatable bonds is 3. The van der Waals surface area contributed by atoms with Crippen molar-refractivity contribution >= 4 is 11.6 Å². The predicted molar refractivity (Wildman–Crippen MR) is 70.4 cm³/mol. The lowest BCUT2D eigenvalue weighted by molar-refractivity contribution is 0.0400. The number of halogens is 1. The first-order valence-electron chi connectivity index (χ1n) is 5.54. The molecule has 0 heterocycles. The normalized spacial score (nSPS) is 15.5. The largest absolute Gasteiger partial charge is 0.495 e. The van der Waals surface area contributed by atoms with Crippen LogP contribution in [0.25, 0.3) is 0 Å². The van der Waals surface area contributed by atoms with E-state index in [9.17, 15) is 5.11 Å². The van der Waals surface area contributed by atoms with Gasteiger partial charge in [0.2, 0.25) is 0 Å². The molecule has 0 radical (unpaired) electrons. The number of hydrogen-bond acceptors (Lipinski definition) is 3. The summed E-state index contributed by atoms with van der Waals surface area (Å²) in [6.07, 6.45) is -0.631. The molecule has 17 heavy (non-hydrogen) atoms. The van der Waals surface area contributed by atoms with E-state index in [0.29, 0.717) is 10.8 Å². The zero-order chi connectivity index (χ0) is 13.2. The van der Waals surface area contributed by atoms with E-state index in [1.54, 1.807) is 19.2 Å². The molecule has 2 atom stereocenters. The van der Waals surface area contributed by atoms with Crippen LogP contribution in [0.4, 0.5) is 0 Å². The number of aliphatic hydroxyl groups is 1. The second-order valence-corrected chi connectivity index (χ2v) is 5.64. The third-order valence-electron chi connectivity index (χ3n) is 2.79. The zero-order valence-corrected chi connectivity index (χ0v) is 11.5. The van der Waals surface area contributed by atoms with Crippen molar-refractivity contribution in [2.75, 3.05) is 7.11 Å². The Kier molecular flexibility index (Phi) is 4.42. The number of benzene rings is 1. The Morgan fingerprint density at radius 3 is 2.41 bits per heavy atom. The first-order chi connectivity index (χ1) is 7.77. The first-order valence-corrected chi connectivity index (χ1v) is 5.92. The fourth-order valence-corrected chi connectivity index (χ4v) is 1.80. The van der Waals surface area contributed by atoms with E-state index in [-0.39, 0.29) is 5.41 Å². The van der Waals surface area contributed by atoms with Crippen LogP contribution in [0, 0.1) is 5.41 Å². The van der Waals surface area contributed by atoms with Crippen molar-refractivity contribution in [3.63, 3.8) is 0 Å². The summed E-state index contributed by atoms with van der Waals surface area (Å²) in [7, 11) is 1.55. The van der Waals surface area contributed by atoms with Gasteiger partial charge >= 0.3 is 0 Å². The number of hydrogen-bond donors (Lipinski definition) is 2. The molecule has 0 aromatic heterocycles. The van der Waals surface area contributed by atoms with E-state index >= 15 is 0 Å². The average Bonchev–Trinajstić information content (AvgIpc) is 2.26. The van der Waals surface area contributed by atoms with Crippen molar-refractivity contribution in [1.29, 1.82) is 0 Å². The Hall–Kier alpha value is -0.770. The molecule has 0 saturated carbocycles. The molecular formula is C13H20ClNO2. The van der Waals surface area contributed by atoms with Crippen LogP contribution in [-0.2, 0) is 0 Å². The van der Waals surface area contributed by atoms with Gasteiger partial charge in [-0.25, -0.2) is 0 Å². The summed E-state index contributed by atoms with van der Waals surface area (Å²) in [6.45, 7) is 5.85. The molecule has 1 aromatic rings. The van der Waals surface area contributed by atoms with E-state index in [2.05, 4.69) is 0 Å². The third kappa shape index (κ3) is 3.35. The van der Waals surface area contributed by atoms with Crippen LogP contribution < -0.4 is 10.5 Å². The van der Waals surface area contributed by atoms with Gasteiger partial charge in [0, 0.05) is 0 Å². The van der Waals surface area contributed by atoms with Crippen molar-refractivity contribution in [3.05, 3.63) is 28.8 Å². The molecule has 96 valence electrons. The monoisotopic (exact) mass is 257 g/mol. The van der Waals surface area contributed by atoms with Crippen LogP contribution in [0.15, 0.2) is 18.2 Å². The first kappa shape index (κ1) is 14.3. The zero-order valence-electron chi connectivity index (χ0n) is 10.7. The van der Waals surface area contributed by atoms with Crippen molar-refractivity contribution < 1.29 is 9.84 Å². The Balaban J connectivity index is 3.00. The van der Waals surface area contributed by atoms with E-state index in [4.69, 9.17) is 22.1 Å². The summed E-state index contributed by atoms with van der Waals surface area (Å²) in [5.74, 6) is 0.570. The molecule has 0 spiro atoms. The minimum absolute atomic E-state index is 0.272. The molecule has 3 N–H and O–H groups in total. The molecule has 0 aliphatic carbocycles. The van der Waals surface area contributed by atoms with Gasteiger partial charge in [-0.05, 0) is 23.1 Å². The van der Waals surface area contributed by atoms with Gasteiger partial charge in [-0.15, -0.1) is 0 Å². The number of nitrogens with two attached hydrogens (primary N) is 1. The summed E-state index contributed by atoms with van der Waals surface area (Å²) in [4.78, 5) is 0. The number of methoxy groups -OCH3 is 1. The standard InChI is InChI=1S/C13H20ClNO2/c1-13(2,3)12(16)11(15)8-5-6-9(14)10(7-8)17-4/h5-7,11-12,16H,15H2,1-4H3/t11-,12-/m1/s1. The molecule has 0 fully saturated rings. The van der Waals surface area contributed by atoms with E-state index < -0.39 is 12.1 Å². The van der Waals surface area contributed by atoms with Crippen molar-refractivity contribution in [2.45, 2.75) is 32.9 Å². The lowest BCUT2D eigenvalue weighted by Crippen LogP contribution is -2.36. The van der Waals surface area contributed by atoms with Crippen LogP contribution in [0.1, 0.15) is 32.4 Å². The summed E-state index contributed by atoms with van der Waals surface area (Å²) in [5.41, 5.74) is 6.59. The van der Waals surface area contributed by atoms with Crippen LogP contribution >= 0.6 is 11.6 Å². The molecule has 0 unspecified atom stereocenters. The summed E-state index contributed by atoms with van der Waals surface area (Å²) < 4.78 is 5.13. The molecule has 0 saturated heterocycles. The molecule has 1 aromatic carbocycles. The van der Waals surface area contributed by atoms with Crippen LogP contribution in [0.5, 0.6) is 5.75 Å². The second kappa shape index (κ2) is 5.25. The molecule has 3 nitrogen and oxygen atoms in total. The summed E-state index contributed by atoms with van der Waals surface area (Å²) in [5, 5.41) is 10.7. The Labute approximate surface area is 108 Å². The van der Waals surface area contributed by atoms with Gasteiger partial charge < -0.3 is 15.6 Å². The highest BCUT2D eigenvalue weighted by molar-refractivity contribution is 6.32. The van der Waals surface area contributed by atoms with Gasteiger partial charge in [0.05, 0.1) is 24.3 Å². The maximum Gasteiger partial charge on any atom is 0.137 e. The Bertz CT molecular complexity index is 387. The highest BCUT2D eigenvalue weighted by atomic mass is 35.5. The molecule has 1 rings (SSSR count). The van der Waals surface area contributed by atoms with E-state index in [0.717, 1.165) is 5.56 Å². The topological polar surface area (TPSA) is 55.5 Å². The molecule has 0 aliphatic heterocycles. The van der Waals surface area contributed by atoms with Crippen molar-refractivity contribution in [2.24, 2.45) is 11.1 Å². The fourth-order valence-electron chi connectivity index (χ4n) is 1.60. The van der Waals surface area contributed by atoms with E-state index in [1.807, 2.05) is 26.8 Å². The molecule has 4 heteroatoms. The third-order valence-corrected chi connectivity index (χ3v) is 3.10. The van der Waals surface area contributed by atoms with Gasteiger partial charge in [0.25, 0.3) is 0 Å². The quantitative estimate of drug-likeness (QED) is 0.876. The van der Waals surface area contributed by atoms with Crippen molar-refractivity contribution in [3.8, 4) is 5.75 Å². The average molecular weight is 258 g/mol. The minimum Gasteiger partial charge on any atom is -0.495 e. The van der Waals surface area contributed by atoms with Gasteiger partial charge in [0.1, 0.15) is 5.75 Å². The summed E-state index contributed by atoms with van der Waals surface area (Å²) in [6, 6.07) is 4.85. The Morgan fingerprint density at radius 2 is 1.94 bits per heavy atom. The molecule has 0 bridgehead atoms. The molecule has 0 amide bonds. The summed E-state index contributed by atoms with van der Waals surface area (Å²) >= 11 is 5.94. The lowest BCUT2D eigenvalue weighted by Gasteiger charge is -2.31. The van der Waals surface area contributed by atoms with Crippen LogP contribution in [0.2, 0.25) is 5.02 Å². The SMILES string of the molecule is COc1cc([C@@H](N)[C@@H](O)C(C)(C)C)ccc1Cl. The smallest absolute Gasteiger partial charge is 0.137 e. The Morgan fingerprint density at radius 1 is 1.35 bits per heavy atom. The highest BCUT2D eigenvalue weighted by Gasteiger charge is 2.29. The highest BCUT2D eigenvalue weighted by Crippen LogP contribution is 2.32. The van der Waals surface area contributed by atoms with Crippen LogP contribution in [0.3, 0.4) is 0 Å². The van der Waals surface area contributed by atoms with Gasteiger partial charge in [0.15, 0.2) is 0 Å². The number of ether oxygens (including phenoxy) is 1. The fraction of sp³-hybridized carbons (Fsp3) is 0.538. The predicted octanol–water partition coefficient (Wildman–Crippen LogP) is 2.76. The molecular weight excluding hydrogens is 238 g/mol. The van der Waals surface area contributed by atoms with Gasteiger partial charge in [-0.2, -0.15) is 0 Å². The maximum absolute atomic E-state index is 10.1. The van der Waals surface area contributed by atoms with Crippen LogP contribution in [-0.4, -0.2) is 18.3 Å². The van der Waals surface area contributed by atoms with Gasteiger partial charge in [-0.1, -0.05) is 38.4 Å². The van der Waals surface area contributed by atoms with E-state index in [1.165, 1.54) is 0 Å². The second-order valence-electron chi connectivity index (χ2n) is 5.23. The maximum atomic E-state index is 10.1. The van der Waals surface area contributed by atoms with Crippen molar-refractivity contribution in [1.82, 2.24) is 0 Å². The molecule has 0 aliphatic rings. The van der Waals surface area contributed by atoms with Gasteiger partial charge in [-0.3, -0.25) is 0 Å². The number of aliphatic hydroxyl groups excluding tert-OH is 1. The lowest BCUT2D eigenvalue weighted by atomic mass is 9.82. The minimum atomic E-state index is -0.631.